The highest BCUT2D eigenvalue weighted by atomic mass is 35.5. The average Bonchev–Trinajstić information content (AvgIpc) is 2.76. The zero-order valence-corrected chi connectivity index (χ0v) is 14.3. The molecule has 1 fully saturated rings. The molecule has 1 N–H and O–H groups in total. The average molecular weight is 367 g/mol. The maximum absolute atomic E-state index is 12.9. The summed E-state index contributed by atoms with van der Waals surface area (Å²) in [6.45, 7) is 2.80. The third-order valence-corrected chi connectivity index (χ3v) is 5.39. The molecule has 0 bridgehead atoms. The Morgan fingerprint density at radius 3 is 2.68 bits per heavy atom. The molecule has 2 aromatic carbocycles. The first-order chi connectivity index (χ1) is 11.9. The van der Waals surface area contributed by atoms with E-state index in [0.29, 0.717) is 11.6 Å². The Bertz CT molecular complexity index is 804. The first-order valence-corrected chi connectivity index (χ1v) is 8.79. The van der Waals surface area contributed by atoms with Gasteiger partial charge in [-0.3, -0.25) is 0 Å². The highest BCUT2D eigenvalue weighted by molar-refractivity contribution is 6.33. The standard InChI is InChI=1S/C19H18ClF3N2/c20-17-11-13(19(21,22)23)4-5-15(17)16-3-1-2-12-10-14-6-7-24-8-9-25(14)18(12)16/h1-5,11,14,24H,6-10H2. The van der Waals surface area contributed by atoms with Crippen LogP contribution in [0, 0.1) is 0 Å². The predicted octanol–water partition coefficient (Wildman–Crippen LogP) is 4.75. The number of hydrogen-bond donors (Lipinski definition) is 1. The van der Waals surface area contributed by atoms with Crippen molar-refractivity contribution in [1.82, 2.24) is 5.32 Å². The highest BCUT2D eigenvalue weighted by Crippen LogP contribution is 2.44. The van der Waals surface area contributed by atoms with Gasteiger partial charge in [-0.05, 0) is 37.1 Å². The number of hydrogen-bond acceptors (Lipinski definition) is 2. The summed E-state index contributed by atoms with van der Waals surface area (Å²) >= 11 is 6.25. The predicted molar refractivity (Wildman–Crippen MR) is 94.2 cm³/mol. The molecule has 2 nitrogen and oxygen atoms in total. The summed E-state index contributed by atoms with van der Waals surface area (Å²) in [5, 5.41) is 3.55. The van der Waals surface area contributed by atoms with Gasteiger partial charge in [-0.1, -0.05) is 35.9 Å². The van der Waals surface area contributed by atoms with Gasteiger partial charge in [-0.2, -0.15) is 13.2 Å². The minimum absolute atomic E-state index is 0.139. The summed E-state index contributed by atoms with van der Waals surface area (Å²) < 4.78 is 38.7. The van der Waals surface area contributed by atoms with Gasteiger partial charge in [0.15, 0.2) is 0 Å². The molecule has 0 aromatic heterocycles. The van der Waals surface area contributed by atoms with Crippen molar-refractivity contribution in [2.24, 2.45) is 0 Å². The smallest absolute Gasteiger partial charge is 0.366 e. The fourth-order valence-electron chi connectivity index (χ4n) is 3.91. The summed E-state index contributed by atoms with van der Waals surface area (Å²) in [6, 6.07) is 10.1. The molecule has 1 atom stereocenters. The van der Waals surface area contributed by atoms with Crippen LogP contribution in [0.5, 0.6) is 0 Å². The van der Waals surface area contributed by atoms with Crippen LogP contribution in [0.3, 0.4) is 0 Å². The summed E-state index contributed by atoms with van der Waals surface area (Å²) in [4.78, 5) is 2.39. The van der Waals surface area contributed by atoms with Crippen molar-refractivity contribution in [2.45, 2.75) is 25.1 Å². The largest absolute Gasteiger partial charge is 0.416 e. The zero-order valence-electron chi connectivity index (χ0n) is 13.5. The summed E-state index contributed by atoms with van der Waals surface area (Å²) in [5.74, 6) is 0. The lowest BCUT2D eigenvalue weighted by Gasteiger charge is -2.27. The molecule has 2 aliphatic heterocycles. The molecule has 2 aromatic rings. The van der Waals surface area contributed by atoms with E-state index in [1.54, 1.807) is 0 Å². The number of nitrogens with one attached hydrogen (secondary N) is 1. The Labute approximate surface area is 149 Å². The minimum atomic E-state index is -4.39. The normalized spacial score (nSPS) is 20.2. The van der Waals surface area contributed by atoms with Crippen LogP contribution in [0.2, 0.25) is 5.02 Å². The molecule has 0 amide bonds. The Kier molecular flexibility index (Phi) is 4.16. The first kappa shape index (κ1) is 16.7. The van der Waals surface area contributed by atoms with Crippen LogP contribution in [-0.4, -0.2) is 25.7 Å². The van der Waals surface area contributed by atoms with E-state index in [1.165, 1.54) is 11.6 Å². The molecule has 1 unspecified atom stereocenters. The van der Waals surface area contributed by atoms with Crippen molar-refractivity contribution in [3.05, 3.63) is 52.5 Å². The Hall–Kier alpha value is -1.72. The van der Waals surface area contributed by atoms with Gasteiger partial charge in [0.2, 0.25) is 0 Å². The van der Waals surface area contributed by atoms with E-state index in [-0.39, 0.29) is 5.02 Å². The number of anilines is 1. The maximum atomic E-state index is 12.9. The molecule has 4 rings (SSSR count). The molecule has 2 aliphatic rings. The topological polar surface area (TPSA) is 15.3 Å². The second-order valence-corrected chi connectivity index (χ2v) is 7.00. The fourth-order valence-corrected chi connectivity index (χ4v) is 4.20. The van der Waals surface area contributed by atoms with Gasteiger partial charge in [0, 0.05) is 41.0 Å². The van der Waals surface area contributed by atoms with E-state index in [9.17, 15) is 13.2 Å². The van der Waals surface area contributed by atoms with E-state index >= 15 is 0 Å². The molecular formula is C19H18ClF3N2. The SMILES string of the molecule is FC(F)(F)c1ccc(-c2cccc3c2N2CCNCCC2C3)c(Cl)c1. The second-order valence-electron chi connectivity index (χ2n) is 6.60. The van der Waals surface area contributed by atoms with Gasteiger partial charge in [0.25, 0.3) is 0 Å². The molecule has 0 aliphatic carbocycles. The molecule has 0 spiro atoms. The third-order valence-electron chi connectivity index (χ3n) is 5.07. The summed E-state index contributed by atoms with van der Waals surface area (Å²) in [5.41, 5.74) is 3.23. The van der Waals surface area contributed by atoms with E-state index in [4.69, 9.17) is 11.6 Å². The molecule has 0 saturated carbocycles. The summed E-state index contributed by atoms with van der Waals surface area (Å²) in [6.07, 6.45) is -2.35. The lowest BCUT2D eigenvalue weighted by molar-refractivity contribution is -0.137. The van der Waals surface area contributed by atoms with Gasteiger partial charge in [0.05, 0.1) is 5.56 Å². The monoisotopic (exact) mass is 366 g/mol. The zero-order chi connectivity index (χ0) is 17.6. The maximum Gasteiger partial charge on any atom is 0.416 e. The molecule has 0 radical (unpaired) electrons. The molecule has 25 heavy (non-hydrogen) atoms. The van der Waals surface area contributed by atoms with Crippen molar-refractivity contribution in [3.63, 3.8) is 0 Å². The molecular weight excluding hydrogens is 349 g/mol. The van der Waals surface area contributed by atoms with Crippen LogP contribution in [0.25, 0.3) is 11.1 Å². The van der Waals surface area contributed by atoms with Crippen LogP contribution < -0.4 is 10.2 Å². The van der Waals surface area contributed by atoms with E-state index < -0.39 is 11.7 Å². The van der Waals surface area contributed by atoms with Crippen LogP contribution in [-0.2, 0) is 12.6 Å². The van der Waals surface area contributed by atoms with Crippen LogP contribution in [0.1, 0.15) is 17.5 Å². The van der Waals surface area contributed by atoms with Crippen molar-refractivity contribution < 1.29 is 13.2 Å². The second kappa shape index (κ2) is 6.22. The molecule has 6 heteroatoms. The summed E-state index contributed by atoms with van der Waals surface area (Å²) in [7, 11) is 0. The van der Waals surface area contributed by atoms with E-state index in [0.717, 1.165) is 55.9 Å². The highest BCUT2D eigenvalue weighted by Gasteiger charge is 2.34. The van der Waals surface area contributed by atoms with E-state index in [1.807, 2.05) is 12.1 Å². The molecule has 1 saturated heterocycles. The van der Waals surface area contributed by atoms with Gasteiger partial charge < -0.3 is 10.2 Å². The Morgan fingerprint density at radius 2 is 1.92 bits per heavy atom. The van der Waals surface area contributed by atoms with Crippen LogP contribution >= 0.6 is 11.6 Å². The van der Waals surface area contributed by atoms with Crippen molar-refractivity contribution in [2.75, 3.05) is 24.5 Å². The van der Waals surface area contributed by atoms with Crippen LogP contribution in [0.15, 0.2) is 36.4 Å². The number of halogens is 4. The quantitative estimate of drug-likeness (QED) is 0.783. The van der Waals surface area contributed by atoms with Gasteiger partial charge in [-0.25, -0.2) is 0 Å². The van der Waals surface area contributed by atoms with E-state index in [2.05, 4.69) is 16.3 Å². The Balaban J connectivity index is 1.80. The van der Waals surface area contributed by atoms with Gasteiger partial charge in [0.1, 0.15) is 0 Å². The number of rotatable bonds is 1. The third kappa shape index (κ3) is 3.00. The lowest BCUT2D eigenvalue weighted by Crippen LogP contribution is -2.33. The van der Waals surface area contributed by atoms with Crippen molar-refractivity contribution >= 4 is 17.3 Å². The van der Waals surface area contributed by atoms with Crippen molar-refractivity contribution in [3.8, 4) is 11.1 Å². The molecule has 132 valence electrons. The number of para-hydroxylation sites is 1. The van der Waals surface area contributed by atoms with Crippen LogP contribution in [0.4, 0.5) is 18.9 Å². The van der Waals surface area contributed by atoms with Gasteiger partial charge >= 0.3 is 6.18 Å². The fraction of sp³-hybridized carbons (Fsp3) is 0.368. The van der Waals surface area contributed by atoms with Crippen molar-refractivity contribution in [1.29, 1.82) is 0 Å². The number of alkyl halides is 3. The molecule has 2 heterocycles. The first-order valence-electron chi connectivity index (χ1n) is 8.41. The lowest BCUT2D eigenvalue weighted by atomic mass is 9.98. The van der Waals surface area contributed by atoms with Gasteiger partial charge in [-0.15, -0.1) is 0 Å². The number of benzene rings is 2. The number of nitrogens with zero attached hydrogens (tertiary/aromatic N) is 1. The number of fused-ring (bicyclic) bond motifs is 3. The minimum Gasteiger partial charge on any atom is -0.366 e. The Morgan fingerprint density at radius 1 is 1.08 bits per heavy atom.